The molecule has 1 unspecified atom stereocenters. The number of rotatable bonds is 4. The Labute approximate surface area is 77.3 Å². The number of esters is 2. The topological polar surface area (TPSA) is 60.4 Å². The number of carbonyl (C=O) groups is 3. The minimum absolute atomic E-state index is 0.256. The number of hydrogen-bond acceptors (Lipinski definition) is 4. The predicted octanol–water partition coefficient (Wildman–Crippen LogP) is 1.08. The molecule has 0 aliphatic carbocycles. The normalized spacial score (nSPS) is 11.9. The smallest absolute Gasteiger partial charge is 0.324 e. The predicted molar refractivity (Wildman–Crippen MR) is 45.9 cm³/mol. The molecular formula is C9H14O4. The lowest BCUT2D eigenvalue weighted by Gasteiger charge is -2.09. The van der Waals surface area contributed by atoms with Gasteiger partial charge in [0.05, 0.1) is 0 Å². The van der Waals surface area contributed by atoms with Crippen LogP contribution in [0.2, 0.25) is 0 Å². The van der Waals surface area contributed by atoms with Crippen molar-refractivity contribution in [1.82, 2.24) is 0 Å². The van der Waals surface area contributed by atoms with Gasteiger partial charge in [0.2, 0.25) is 0 Å². The Bertz CT molecular complexity index is 220. The highest BCUT2D eigenvalue weighted by Gasteiger charge is 2.24. The summed E-state index contributed by atoms with van der Waals surface area (Å²) < 4.78 is 4.33. The Hall–Kier alpha value is -1.19. The van der Waals surface area contributed by atoms with E-state index >= 15 is 0 Å². The van der Waals surface area contributed by atoms with Crippen molar-refractivity contribution in [3.8, 4) is 0 Å². The van der Waals surface area contributed by atoms with E-state index in [1.165, 1.54) is 6.92 Å². The maximum Gasteiger partial charge on any atom is 0.324 e. The van der Waals surface area contributed by atoms with Crippen LogP contribution in [0.5, 0.6) is 0 Å². The number of ether oxygens (including phenoxy) is 1. The van der Waals surface area contributed by atoms with Crippen molar-refractivity contribution < 1.29 is 19.1 Å². The fourth-order valence-electron chi connectivity index (χ4n) is 0.989. The molecule has 0 spiro atoms. The highest BCUT2D eigenvalue weighted by atomic mass is 16.6. The lowest BCUT2D eigenvalue weighted by atomic mass is 10.00. The molecule has 0 saturated heterocycles. The van der Waals surface area contributed by atoms with Crippen LogP contribution in [0, 0.1) is 5.92 Å². The van der Waals surface area contributed by atoms with Crippen LogP contribution >= 0.6 is 0 Å². The maximum atomic E-state index is 11.1. The van der Waals surface area contributed by atoms with E-state index in [9.17, 15) is 14.4 Å². The van der Waals surface area contributed by atoms with E-state index in [-0.39, 0.29) is 5.78 Å². The Balaban J connectivity index is 4.28. The molecule has 4 heteroatoms. The van der Waals surface area contributed by atoms with Gasteiger partial charge in [-0.15, -0.1) is 0 Å². The molecule has 0 N–H and O–H groups in total. The Morgan fingerprint density at radius 1 is 1.23 bits per heavy atom. The monoisotopic (exact) mass is 186 g/mol. The fourth-order valence-corrected chi connectivity index (χ4v) is 0.989. The molecule has 0 aromatic rings. The van der Waals surface area contributed by atoms with E-state index in [1.807, 2.05) is 6.92 Å². The molecule has 0 heterocycles. The van der Waals surface area contributed by atoms with Gasteiger partial charge >= 0.3 is 11.9 Å². The number of ketones is 1. The highest BCUT2D eigenvalue weighted by molar-refractivity contribution is 6.00. The van der Waals surface area contributed by atoms with Crippen molar-refractivity contribution in [2.75, 3.05) is 0 Å². The fraction of sp³-hybridized carbons (Fsp3) is 0.667. The van der Waals surface area contributed by atoms with Crippen molar-refractivity contribution in [2.24, 2.45) is 5.92 Å². The second-order valence-electron chi connectivity index (χ2n) is 2.86. The quantitative estimate of drug-likeness (QED) is 0.487. The third-order valence-electron chi connectivity index (χ3n) is 1.60. The minimum atomic E-state index is -0.783. The Kier molecular flexibility index (Phi) is 4.96. The molecule has 0 radical (unpaired) electrons. The summed E-state index contributed by atoms with van der Waals surface area (Å²) in [6.45, 7) is 4.32. The van der Waals surface area contributed by atoms with Gasteiger partial charge in [0.15, 0.2) is 0 Å². The van der Waals surface area contributed by atoms with Crippen LogP contribution in [-0.2, 0) is 19.1 Å². The third-order valence-corrected chi connectivity index (χ3v) is 1.60. The zero-order valence-corrected chi connectivity index (χ0v) is 8.12. The molecule has 0 bridgehead atoms. The van der Waals surface area contributed by atoms with E-state index < -0.39 is 17.9 Å². The number of carbonyl (C=O) groups excluding carboxylic acids is 3. The van der Waals surface area contributed by atoms with E-state index in [0.717, 1.165) is 6.92 Å². The minimum Gasteiger partial charge on any atom is -0.393 e. The van der Waals surface area contributed by atoms with Crippen molar-refractivity contribution in [3.05, 3.63) is 0 Å². The molecule has 0 rings (SSSR count). The van der Waals surface area contributed by atoms with Crippen LogP contribution in [0.4, 0.5) is 0 Å². The van der Waals surface area contributed by atoms with E-state index in [4.69, 9.17) is 0 Å². The van der Waals surface area contributed by atoms with Gasteiger partial charge in [-0.2, -0.15) is 0 Å². The first kappa shape index (κ1) is 11.8. The van der Waals surface area contributed by atoms with E-state index in [1.54, 1.807) is 0 Å². The molecule has 0 aliphatic heterocycles. The molecule has 4 nitrogen and oxygen atoms in total. The van der Waals surface area contributed by atoms with Gasteiger partial charge in [-0.1, -0.05) is 13.3 Å². The second kappa shape index (κ2) is 5.45. The molecule has 0 fully saturated rings. The van der Waals surface area contributed by atoms with Crippen LogP contribution in [-0.4, -0.2) is 17.7 Å². The van der Waals surface area contributed by atoms with E-state index in [2.05, 4.69) is 4.74 Å². The summed E-state index contributed by atoms with van der Waals surface area (Å²) in [6, 6.07) is 0. The van der Waals surface area contributed by atoms with Crippen molar-refractivity contribution in [2.45, 2.75) is 33.6 Å². The van der Waals surface area contributed by atoms with Gasteiger partial charge in [-0.25, -0.2) is 0 Å². The zero-order chi connectivity index (χ0) is 10.4. The Morgan fingerprint density at radius 2 is 1.77 bits per heavy atom. The molecular weight excluding hydrogens is 172 g/mol. The van der Waals surface area contributed by atoms with Gasteiger partial charge in [0.1, 0.15) is 11.7 Å². The molecule has 74 valence electrons. The summed E-state index contributed by atoms with van der Waals surface area (Å²) in [5.41, 5.74) is 0. The highest BCUT2D eigenvalue weighted by Crippen LogP contribution is 2.09. The van der Waals surface area contributed by atoms with Crippen LogP contribution in [0.15, 0.2) is 0 Å². The molecule has 0 aliphatic rings. The maximum absolute atomic E-state index is 11.1. The van der Waals surface area contributed by atoms with Gasteiger partial charge in [-0.05, 0) is 13.3 Å². The molecule has 0 aromatic heterocycles. The summed E-state index contributed by atoms with van der Waals surface area (Å²) in [5.74, 6) is -2.45. The van der Waals surface area contributed by atoms with E-state index in [0.29, 0.717) is 12.8 Å². The lowest BCUT2D eigenvalue weighted by molar-refractivity contribution is -0.162. The first-order valence-corrected chi connectivity index (χ1v) is 4.21. The molecule has 0 aromatic carbocycles. The lowest BCUT2D eigenvalue weighted by Crippen LogP contribution is -2.25. The van der Waals surface area contributed by atoms with Crippen molar-refractivity contribution >= 4 is 17.7 Å². The van der Waals surface area contributed by atoms with Crippen LogP contribution in [0.1, 0.15) is 33.6 Å². The third kappa shape index (κ3) is 4.40. The van der Waals surface area contributed by atoms with Gasteiger partial charge in [-0.3, -0.25) is 14.4 Å². The first-order chi connectivity index (χ1) is 5.99. The largest absolute Gasteiger partial charge is 0.393 e. The molecule has 13 heavy (non-hydrogen) atoms. The first-order valence-electron chi connectivity index (χ1n) is 4.21. The Morgan fingerprint density at radius 3 is 2.08 bits per heavy atom. The van der Waals surface area contributed by atoms with Gasteiger partial charge < -0.3 is 4.74 Å². The summed E-state index contributed by atoms with van der Waals surface area (Å²) >= 11 is 0. The summed E-state index contributed by atoms with van der Waals surface area (Å²) in [4.78, 5) is 32.5. The van der Waals surface area contributed by atoms with Crippen LogP contribution in [0.25, 0.3) is 0 Å². The molecule has 0 amide bonds. The molecule has 0 saturated carbocycles. The summed E-state index contributed by atoms with van der Waals surface area (Å²) in [7, 11) is 0. The summed E-state index contributed by atoms with van der Waals surface area (Å²) in [6.07, 6.45) is 1.14. The average Bonchev–Trinajstić information content (AvgIpc) is 1.97. The van der Waals surface area contributed by atoms with Gasteiger partial charge in [0.25, 0.3) is 0 Å². The average molecular weight is 186 g/mol. The zero-order valence-electron chi connectivity index (χ0n) is 8.12. The second-order valence-corrected chi connectivity index (χ2v) is 2.86. The number of hydrogen-bond donors (Lipinski definition) is 0. The van der Waals surface area contributed by atoms with Crippen LogP contribution < -0.4 is 0 Å². The van der Waals surface area contributed by atoms with Gasteiger partial charge in [0, 0.05) is 6.92 Å². The SMILES string of the molecule is CCCC(C(C)=O)C(=O)OC(C)=O. The van der Waals surface area contributed by atoms with Crippen molar-refractivity contribution in [1.29, 1.82) is 0 Å². The van der Waals surface area contributed by atoms with Crippen LogP contribution in [0.3, 0.4) is 0 Å². The number of Topliss-reactive ketones (excluding diaryl/α,β-unsaturated/α-hetero) is 1. The molecule has 1 atom stereocenters. The summed E-state index contributed by atoms with van der Waals surface area (Å²) in [5, 5.41) is 0. The van der Waals surface area contributed by atoms with Crippen molar-refractivity contribution in [3.63, 3.8) is 0 Å². The standard InChI is InChI=1S/C9H14O4/c1-4-5-8(6(2)10)9(12)13-7(3)11/h8H,4-5H2,1-3H3.